The summed E-state index contributed by atoms with van der Waals surface area (Å²) in [5.41, 5.74) is 2.73. The lowest BCUT2D eigenvalue weighted by Crippen LogP contribution is -2.48. The number of anilines is 2. The number of aromatic nitrogens is 1. The van der Waals surface area contributed by atoms with E-state index in [1.165, 1.54) is 23.9 Å². The number of pyridine rings is 1. The van der Waals surface area contributed by atoms with Gasteiger partial charge in [-0.2, -0.15) is 5.26 Å². The Morgan fingerprint density at radius 3 is 2.47 bits per heavy atom. The number of ether oxygens (including phenoxy) is 2. The summed E-state index contributed by atoms with van der Waals surface area (Å²) in [7, 11) is 0. The van der Waals surface area contributed by atoms with Crippen LogP contribution >= 0.6 is 24.0 Å². The fourth-order valence-corrected chi connectivity index (χ4v) is 7.06. The van der Waals surface area contributed by atoms with Gasteiger partial charge in [0.25, 0.3) is 11.5 Å². The van der Waals surface area contributed by atoms with Crippen LogP contribution in [-0.2, 0) is 17.9 Å². The maximum atomic E-state index is 13.8. The highest BCUT2D eigenvalue weighted by Crippen LogP contribution is 2.38. The van der Waals surface area contributed by atoms with Crippen LogP contribution in [0.4, 0.5) is 15.9 Å². The average molecular weight is 646 g/mol. The summed E-state index contributed by atoms with van der Waals surface area (Å²) < 4.78 is 26.6. The number of halogens is 1. The lowest BCUT2D eigenvalue weighted by atomic mass is 10.0. The number of unbranched alkanes of at least 4 members (excludes halogenated alkanes) is 1. The summed E-state index contributed by atoms with van der Waals surface area (Å²) in [4.78, 5) is 33.8. The summed E-state index contributed by atoms with van der Waals surface area (Å²) in [5.74, 6) is 1.48. The molecule has 0 radical (unpaired) electrons. The maximum absolute atomic E-state index is 13.8. The van der Waals surface area contributed by atoms with Gasteiger partial charge in [0.1, 0.15) is 27.6 Å². The van der Waals surface area contributed by atoms with Gasteiger partial charge in [0, 0.05) is 44.0 Å². The van der Waals surface area contributed by atoms with E-state index in [1.54, 1.807) is 34.6 Å². The predicted octanol–water partition coefficient (Wildman–Crippen LogP) is 5.42. The van der Waals surface area contributed by atoms with Gasteiger partial charge in [-0.25, -0.2) is 4.39 Å². The zero-order chi connectivity index (χ0) is 31.7. The molecule has 2 fully saturated rings. The summed E-state index contributed by atoms with van der Waals surface area (Å²) in [6.45, 7) is 7.21. The molecule has 1 aromatic heterocycles. The van der Waals surface area contributed by atoms with Gasteiger partial charge in [-0.15, -0.1) is 0 Å². The number of hydrogen-bond acceptors (Lipinski definition) is 9. The van der Waals surface area contributed by atoms with Gasteiger partial charge >= 0.3 is 0 Å². The molecule has 3 aliphatic rings. The first-order chi connectivity index (χ1) is 21.8. The van der Waals surface area contributed by atoms with Crippen molar-refractivity contribution in [3.63, 3.8) is 0 Å². The number of nitriles is 1. The number of carbonyl (C=O) groups excluding carboxylic acids is 1. The first kappa shape index (κ1) is 30.7. The Labute approximate surface area is 270 Å². The highest BCUT2D eigenvalue weighted by molar-refractivity contribution is 8.26. The third-order valence-electron chi connectivity index (χ3n) is 8.28. The smallest absolute Gasteiger partial charge is 0.270 e. The second kappa shape index (κ2) is 12.9. The highest BCUT2D eigenvalue weighted by Gasteiger charge is 2.34. The number of thiocarbonyl (C=S) groups is 1. The van der Waals surface area contributed by atoms with E-state index in [0.29, 0.717) is 70.4 Å². The van der Waals surface area contributed by atoms with E-state index >= 15 is 0 Å². The lowest BCUT2D eigenvalue weighted by Gasteiger charge is -2.39. The Morgan fingerprint density at radius 2 is 1.76 bits per heavy atom. The van der Waals surface area contributed by atoms with Crippen molar-refractivity contribution in [3.05, 3.63) is 85.8 Å². The van der Waals surface area contributed by atoms with Crippen molar-refractivity contribution in [1.82, 2.24) is 9.47 Å². The number of thioether (sulfide) groups is 1. The number of amides is 1. The van der Waals surface area contributed by atoms with Crippen LogP contribution in [0, 0.1) is 24.1 Å². The normalized spacial score (nSPS) is 17.0. The Kier molecular flexibility index (Phi) is 8.83. The van der Waals surface area contributed by atoms with Gasteiger partial charge in [-0.3, -0.25) is 19.1 Å². The third kappa shape index (κ3) is 6.02. The SMILES string of the molecule is CCCCn1c(N2CCN(c3ccc(F)cc3)CC2)c(/C=C2/SC(=S)N(Cc3ccc4c(c3)OCO4)C2=O)c(C)c(C#N)c1=O. The summed E-state index contributed by atoms with van der Waals surface area (Å²) in [5, 5.41) is 10.0. The molecule has 0 saturated carbocycles. The molecule has 0 unspecified atom stereocenters. The minimum atomic E-state index is -0.327. The zero-order valence-electron chi connectivity index (χ0n) is 25.0. The molecule has 9 nitrogen and oxygen atoms in total. The Balaban J connectivity index is 1.35. The fourth-order valence-electron chi connectivity index (χ4n) is 5.83. The molecule has 45 heavy (non-hydrogen) atoms. The number of rotatable bonds is 8. The Hall–Kier alpha value is -4.34. The quantitative estimate of drug-likeness (QED) is 0.235. The van der Waals surface area contributed by atoms with Crippen LogP contribution in [0.25, 0.3) is 6.08 Å². The van der Waals surface area contributed by atoms with Crippen molar-refractivity contribution < 1.29 is 18.7 Å². The van der Waals surface area contributed by atoms with Gasteiger partial charge in [-0.1, -0.05) is 43.4 Å². The predicted molar refractivity (Wildman–Crippen MR) is 177 cm³/mol. The average Bonchev–Trinajstić information content (AvgIpc) is 3.62. The molecule has 0 atom stereocenters. The van der Waals surface area contributed by atoms with Crippen LogP contribution in [0.3, 0.4) is 0 Å². The van der Waals surface area contributed by atoms with Gasteiger partial charge in [0.2, 0.25) is 6.79 Å². The molecular formula is C33H32FN5O4S2. The minimum absolute atomic E-state index is 0.0712. The van der Waals surface area contributed by atoms with Crippen LogP contribution in [-0.4, -0.2) is 52.7 Å². The fraction of sp³-hybridized carbons (Fsp3) is 0.333. The second-order valence-corrected chi connectivity index (χ2v) is 12.7. The van der Waals surface area contributed by atoms with Crippen molar-refractivity contribution >= 4 is 51.8 Å². The monoisotopic (exact) mass is 645 g/mol. The topological polar surface area (TPSA) is 91.0 Å². The molecule has 0 aliphatic carbocycles. The molecule has 1 amide bonds. The zero-order valence-corrected chi connectivity index (χ0v) is 26.7. The van der Waals surface area contributed by atoms with E-state index in [4.69, 9.17) is 21.7 Å². The molecule has 232 valence electrons. The van der Waals surface area contributed by atoms with Gasteiger partial charge in [0.05, 0.1) is 11.4 Å². The largest absolute Gasteiger partial charge is 0.454 e. The number of piperazine rings is 1. The van der Waals surface area contributed by atoms with E-state index in [-0.39, 0.29) is 36.2 Å². The van der Waals surface area contributed by atoms with Crippen LogP contribution in [0.15, 0.2) is 52.2 Å². The van der Waals surface area contributed by atoms with E-state index in [1.807, 2.05) is 18.2 Å². The molecule has 0 bridgehead atoms. The van der Waals surface area contributed by atoms with Crippen LogP contribution in [0.5, 0.6) is 11.5 Å². The summed E-state index contributed by atoms with van der Waals surface area (Å²) >= 11 is 6.86. The molecule has 3 aliphatic heterocycles. The standard InChI is InChI=1S/C33H32FN5O4S2/c1-3-4-11-38-30(37-14-12-36(13-15-37)24-8-6-23(34)7-9-24)25(21(2)26(18-35)31(38)40)17-29-32(41)39(33(44)45-29)19-22-5-10-27-28(16-22)43-20-42-27/h5-10,16-17H,3-4,11-15,19-20H2,1-2H3/b29-17+. The van der Waals surface area contributed by atoms with Crippen molar-refractivity contribution in [2.75, 3.05) is 42.8 Å². The van der Waals surface area contributed by atoms with Crippen molar-refractivity contribution in [3.8, 4) is 17.6 Å². The van der Waals surface area contributed by atoms with Gasteiger partial charge in [-0.05, 0) is 66.9 Å². The van der Waals surface area contributed by atoms with Crippen molar-refractivity contribution in [1.29, 1.82) is 5.26 Å². The first-order valence-electron chi connectivity index (χ1n) is 14.9. The molecule has 3 aromatic rings. The van der Waals surface area contributed by atoms with Gasteiger partial charge < -0.3 is 19.3 Å². The molecule has 6 rings (SSSR count). The number of nitrogens with zero attached hydrogens (tertiary/aromatic N) is 5. The van der Waals surface area contributed by atoms with E-state index in [0.717, 1.165) is 24.1 Å². The minimum Gasteiger partial charge on any atom is -0.454 e. The van der Waals surface area contributed by atoms with E-state index < -0.39 is 0 Å². The molecular weight excluding hydrogens is 614 g/mol. The first-order valence-corrected chi connectivity index (χ1v) is 16.1. The van der Waals surface area contributed by atoms with Crippen molar-refractivity contribution in [2.24, 2.45) is 0 Å². The molecule has 2 aromatic carbocycles. The molecule has 2 saturated heterocycles. The van der Waals surface area contributed by atoms with Crippen molar-refractivity contribution in [2.45, 2.75) is 39.8 Å². The molecule has 12 heteroatoms. The third-order valence-corrected chi connectivity index (χ3v) is 9.66. The lowest BCUT2D eigenvalue weighted by molar-refractivity contribution is -0.122. The van der Waals surface area contributed by atoms with E-state index in [9.17, 15) is 19.2 Å². The Bertz CT molecular complexity index is 1790. The van der Waals surface area contributed by atoms with Crippen LogP contribution in [0.1, 0.15) is 42.0 Å². The highest BCUT2D eigenvalue weighted by atomic mass is 32.2. The van der Waals surface area contributed by atoms with Crippen LogP contribution < -0.4 is 24.8 Å². The maximum Gasteiger partial charge on any atom is 0.270 e. The molecule has 0 spiro atoms. The number of carbonyl (C=O) groups is 1. The number of hydrogen-bond donors (Lipinski definition) is 0. The second-order valence-electron chi connectivity index (χ2n) is 11.1. The molecule has 4 heterocycles. The van der Waals surface area contributed by atoms with E-state index in [2.05, 4.69) is 22.8 Å². The summed E-state index contributed by atoms with van der Waals surface area (Å²) in [6, 6.07) is 14.1. The summed E-state index contributed by atoms with van der Waals surface area (Å²) in [6.07, 6.45) is 3.42. The number of fused-ring (bicyclic) bond motifs is 1. The molecule has 0 N–H and O–H groups in total. The number of benzene rings is 2. The Morgan fingerprint density at radius 1 is 1.04 bits per heavy atom. The van der Waals surface area contributed by atoms with Crippen LogP contribution in [0.2, 0.25) is 0 Å². The van der Waals surface area contributed by atoms with Gasteiger partial charge in [0.15, 0.2) is 11.5 Å².